The van der Waals surface area contributed by atoms with E-state index in [1.165, 1.54) is 154 Å². The average Bonchev–Trinajstić information content (AvgIpc) is 3.50. The van der Waals surface area contributed by atoms with Crippen molar-refractivity contribution in [3.8, 4) is 0 Å². The molecule has 1 saturated heterocycles. The van der Waals surface area contributed by atoms with Crippen LogP contribution in [-0.4, -0.2) is 99.6 Å². The standard InChI is InChI=1S/C70H125NO10/c1-4-7-10-13-16-19-22-24-26-28-29-30-31-32-33-34-36-37-39-42-45-48-51-54-57-63(74)69(78)71-61(62(73)56-53-50-47-44-41-21-18-15-12-9-6-3)60-79-70-68(67(77)66(76)64(59-72)80-70)81-65(75)58-55-52-49-46-43-40-38-35-27-25-23-20-17-14-11-8-5-2/h16-17,19-20,24-27,29-30,53,56,61-64,66-68,70,72-74,76-77H,4-15,18,21-23,28,31-52,54-55,57-60H2,1-3H3,(H,71,78)/b19-16-,20-17-,26-24-,27-25-,30-29-,56-53+. The minimum absolute atomic E-state index is 0.113. The number of aliphatic hydroxyl groups excluding tert-OH is 5. The first-order chi connectivity index (χ1) is 39.7. The molecule has 1 heterocycles. The van der Waals surface area contributed by atoms with Gasteiger partial charge in [-0.15, -0.1) is 0 Å². The number of ether oxygens (including phenoxy) is 3. The van der Waals surface area contributed by atoms with Crippen molar-refractivity contribution in [2.45, 2.75) is 346 Å². The lowest BCUT2D eigenvalue weighted by molar-refractivity contribution is -0.305. The zero-order chi connectivity index (χ0) is 58.9. The molecule has 11 heteroatoms. The van der Waals surface area contributed by atoms with E-state index < -0.39 is 67.4 Å². The molecule has 0 bridgehead atoms. The summed E-state index contributed by atoms with van der Waals surface area (Å²) in [7, 11) is 0. The van der Waals surface area contributed by atoms with Crippen LogP contribution in [-0.2, 0) is 23.8 Å². The Labute approximate surface area is 496 Å². The Morgan fingerprint density at radius 3 is 1.30 bits per heavy atom. The molecule has 1 aliphatic rings. The van der Waals surface area contributed by atoms with E-state index in [-0.39, 0.29) is 19.4 Å². The third-order valence-corrected chi connectivity index (χ3v) is 15.6. The number of carbonyl (C=O) groups is 2. The molecule has 8 unspecified atom stereocenters. The SMILES string of the molecule is CCCCC/C=C\C/C=C\C/C=C\CCCCCCCCCCCCCC(O)C(=O)NC(COC1OC(CO)C(O)C(O)C1OC(=O)CCCCCCCCC/C=C\C/C=C\CCCCC)C(O)/C=C/CCCCCCCCCCC. The molecule has 0 aromatic carbocycles. The van der Waals surface area contributed by atoms with Crippen molar-refractivity contribution in [2.75, 3.05) is 13.2 Å². The lowest BCUT2D eigenvalue weighted by Crippen LogP contribution is -2.61. The van der Waals surface area contributed by atoms with Crippen molar-refractivity contribution in [1.29, 1.82) is 0 Å². The van der Waals surface area contributed by atoms with E-state index in [1.54, 1.807) is 6.08 Å². The van der Waals surface area contributed by atoms with E-state index >= 15 is 0 Å². The van der Waals surface area contributed by atoms with Crippen LogP contribution in [0.15, 0.2) is 72.9 Å². The predicted octanol–water partition coefficient (Wildman–Crippen LogP) is 16.7. The number of rotatable bonds is 57. The van der Waals surface area contributed by atoms with Crippen molar-refractivity contribution in [3.05, 3.63) is 72.9 Å². The first-order valence-electron chi connectivity index (χ1n) is 33.7. The van der Waals surface area contributed by atoms with Gasteiger partial charge in [0.25, 0.3) is 0 Å². The highest BCUT2D eigenvalue weighted by Gasteiger charge is 2.47. The summed E-state index contributed by atoms with van der Waals surface area (Å²) >= 11 is 0. The summed E-state index contributed by atoms with van der Waals surface area (Å²) < 4.78 is 17.6. The molecular formula is C70H125NO10. The molecular weight excluding hydrogens is 1010 g/mol. The highest BCUT2D eigenvalue weighted by molar-refractivity contribution is 5.80. The highest BCUT2D eigenvalue weighted by atomic mass is 16.7. The van der Waals surface area contributed by atoms with Gasteiger partial charge in [0.2, 0.25) is 5.91 Å². The van der Waals surface area contributed by atoms with Gasteiger partial charge < -0.3 is 45.1 Å². The van der Waals surface area contributed by atoms with Crippen LogP contribution in [0.2, 0.25) is 0 Å². The maximum absolute atomic E-state index is 13.5. The van der Waals surface area contributed by atoms with Gasteiger partial charge in [-0.05, 0) is 96.3 Å². The first-order valence-corrected chi connectivity index (χ1v) is 33.7. The first kappa shape index (κ1) is 76.1. The topological polar surface area (TPSA) is 175 Å². The second-order valence-electron chi connectivity index (χ2n) is 23.2. The van der Waals surface area contributed by atoms with Gasteiger partial charge in [-0.2, -0.15) is 0 Å². The highest BCUT2D eigenvalue weighted by Crippen LogP contribution is 2.26. The van der Waals surface area contributed by atoms with Crippen LogP contribution in [0.3, 0.4) is 0 Å². The van der Waals surface area contributed by atoms with Gasteiger partial charge in [0.1, 0.15) is 24.4 Å². The van der Waals surface area contributed by atoms with E-state index in [4.69, 9.17) is 14.2 Å². The Balaban J connectivity index is 2.59. The van der Waals surface area contributed by atoms with E-state index in [0.717, 1.165) is 96.3 Å². The van der Waals surface area contributed by atoms with Gasteiger partial charge in [-0.3, -0.25) is 9.59 Å². The van der Waals surface area contributed by atoms with Gasteiger partial charge >= 0.3 is 5.97 Å². The maximum atomic E-state index is 13.5. The molecule has 0 radical (unpaired) electrons. The van der Waals surface area contributed by atoms with Crippen molar-refractivity contribution in [1.82, 2.24) is 5.32 Å². The van der Waals surface area contributed by atoms with Crippen molar-refractivity contribution in [3.63, 3.8) is 0 Å². The molecule has 8 atom stereocenters. The van der Waals surface area contributed by atoms with E-state index in [2.05, 4.69) is 86.8 Å². The third-order valence-electron chi connectivity index (χ3n) is 15.6. The lowest BCUT2D eigenvalue weighted by Gasteiger charge is -2.41. The monoisotopic (exact) mass is 1140 g/mol. The van der Waals surface area contributed by atoms with Crippen LogP contribution in [0.1, 0.15) is 297 Å². The van der Waals surface area contributed by atoms with Gasteiger partial charge in [0.15, 0.2) is 12.4 Å². The van der Waals surface area contributed by atoms with E-state index in [9.17, 15) is 35.1 Å². The fourth-order valence-corrected chi connectivity index (χ4v) is 10.2. The largest absolute Gasteiger partial charge is 0.454 e. The van der Waals surface area contributed by atoms with Crippen LogP contribution in [0.5, 0.6) is 0 Å². The normalized spacial score (nSPS) is 19.1. The average molecular weight is 1140 g/mol. The molecule has 0 aromatic rings. The number of hydrogen-bond donors (Lipinski definition) is 6. The zero-order valence-electron chi connectivity index (χ0n) is 52.1. The molecule has 0 aliphatic carbocycles. The van der Waals surface area contributed by atoms with E-state index in [1.807, 2.05) is 6.08 Å². The summed E-state index contributed by atoms with van der Waals surface area (Å²) in [6.07, 6.45) is 63.7. The summed E-state index contributed by atoms with van der Waals surface area (Å²) in [5.74, 6) is -1.20. The molecule has 1 fully saturated rings. The maximum Gasteiger partial charge on any atom is 0.306 e. The number of carbonyl (C=O) groups excluding carboxylic acids is 2. The number of unbranched alkanes of at least 4 members (excludes halogenated alkanes) is 33. The quantitative estimate of drug-likeness (QED) is 0.0195. The molecule has 470 valence electrons. The second kappa shape index (κ2) is 57.5. The Kier molecular flexibility index (Phi) is 54.1. The van der Waals surface area contributed by atoms with Crippen LogP contribution in [0, 0.1) is 0 Å². The summed E-state index contributed by atoms with van der Waals surface area (Å²) in [6.45, 7) is 5.74. The van der Waals surface area contributed by atoms with Crippen LogP contribution in [0.4, 0.5) is 0 Å². The van der Waals surface area contributed by atoms with Crippen molar-refractivity contribution < 1.29 is 49.3 Å². The molecule has 0 saturated carbocycles. The number of allylic oxidation sites excluding steroid dienone is 11. The van der Waals surface area contributed by atoms with Gasteiger partial charge in [-0.25, -0.2) is 0 Å². The molecule has 1 aliphatic heterocycles. The van der Waals surface area contributed by atoms with E-state index in [0.29, 0.717) is 12.8 Å². The van der Waals surface area contributed by atoms with Crippen LogP contribution >= 0.6 is 0 Å². The van der Waals surface area contributed by atoms with Crippen LogP contribution in [0.25, 0.3) is 0 Å². The summed E-state index contributed by atoms with van der Waals surface area (Å²) in [5.41, 5.74) is 0. The van der Waals surface area contributed by atoms with Gasteiger partial charge in [-0.1, -0.05) is 267 Å². The Bertz CT molecular complexity index is 1590. The predicted molar refractivity (Wildman–Crippen MR) is 338 cm³/mol. The fourth-order valence-electron chi connectivity index (χ4n) is 10.2. The number of hydrogen-bond acceptors (Lipinski definition) is 10. The molecule has 1 amide bonds. The molecule has 11 nitrogen and oxygen atoms in total. The Morgan fingerprint density at radius 1 is 0.481 bits per heavy atom. The second-order valence-corrected chi connectivity index (χ2v) is 23.2. The number of esters is 1. The molecule has 0 spiro atoms. The Hall–Kier alpha value is -2.90. The van der Waals surface area contributed by atoms with Crippen LogP contribution < -0.4 is 5.32 Å². The third kappa shape index (κ3) is 45.2. The fraction of sp³-hybridized carbons (Fsp3) is 0.800. The van der Waals surface area contributed by atoms with Crippen molar-refractivity contribution >= 4 is 11.9 Å². The number of amides is 1. The smallest absolute Gasteiger partial charge is 0.306 e. The molecule has 81 heavy (non-hydrogen) atoms. The van der Waals surface area contributed by atoms with Gasteiger partial charge in [0.05, 0.1) is 25.4 Å². The zero-order valence-corrected chi connectivity index (χ0v) is 52.1. The molecule has 0 aromatic heterocycles. The molecule has 1 rings (SSSR count). The van der Waals surface area contributed by atoms with Crippen molar-refractivity contribution in [2.24, 2.45) is 0 Å². The molecule has 6 N–H and O–H groups in total. The summed E-state index contributed by atoms with van der Waals surface area (Å²) in [5, 5.41) is 57.1. The minimum atomic E-state index is -1.62. The van der Waals surface area contributed by atoms with Gasteiger partial charge in [0, 0.05) is 6.42 Å². The lowest BCUT2D eigenvalue weighted by atomic mass is 9.99. The summed E-state index contributed by atoms with van der Waals surface area (Å²) in [4.78, 5) is 26.6. The Morgan fingerprint density at radius 2 is 0.852 bits per heavy atom. The number of nitrogens with one attached hydrogen (secondary N) is 1. The minimum Gasteiger partial charge on any atom is -0.454 e. The number of aliphatic hydroxyl groups is 5. The summed E-state index contributed by atoms with van der Waals surface area (Å²) in [6, 6.07) is -1.03.